The monoisotopic (exact) mass is 297 g/mol. The summed E-state index contributed by atoms with van der Waals surface area (Å²) < 4.78 is 18.5. The summed E-state index contributed by atoms with van der Waals surface area (Å²) in [6, 6.07) is 14.9. The van der Waals surface area contributed by atoms with E-state index in [0.29, 0.717) is 11.3 Å². The Kier molecular flexibility index (Phi) is 3.91. The lowest BCUT2D eigenvalue weighted by Gasteiger charge is -2.02. The summed E-state index contributed by atoms with van der Waals surface area (Å²) in [5.74, 6) is -0.297. The fourth-order valence-corrected chi connectivity index (χ4v) is 1.93. The summed E-state index contributed by atoms with van der Waals surface area (Å²) in [7, 11) is 0. The molecule has 0 spiro atoms. The van der Waals surface area contributed by atoms with Gasteiger partial charge in [-0.25, -0.2) is 4.39 Å². The van der Waals surface area contributed by atoms with E-state index in [2.05, 4.69) is 15.5 Å². The summed E-state index contributed by atoms with van der Waals surface area (Å²) in [4.78, 5) is 11.9. The smallest absolute Gasteiger partial charge is 0.247 e. The molecule has 1 amide bonds. The van der Waals surface area contributed by atoms with Crippen LogP contribution in [0.3, 0.4) is 0 Å². The summed E-state index contributed by atoms with van der Waals surface area (Å²) in [6.45, 7) is 0. The van der Waals surface area contributed by atoms with E-state index in [1.807, 2.05) is 18.2 Å². The van der Waals surface area contributed by atoms with Crippen molar-refractivity contribution in [2.24, 2.45) is 0 Å². The normalized spacial score (nSPS) is 10.4. The Hall–Kier alpha value is -3.02. The Labute approximate surface area is 125 Å². The van der Waals surface area contributed by atoms with Crippen LogP contribution in [0.15, 0.2) is 59.0 Å². The molecule has 0 aliphatic carbocycles. The van der Waals surface area contributed by atoms with E-state index in [1.165, 1.54) is 12.1 Å². The molecule has 3 aromatic rings. The predicted molar refractivity (Wildman–Crippen MR) is 78.5 cm³/mol. The van der Waals surface area contributed by atoms with Crippen molar-refractivity contribution in [3.05, 3.63) is 66.3 Å². The average Bonchev–Trinajstić information content (AvgIpc) is 2.96. The number of hydrogen-bond donors (Lipinski definition) is 1. The second-order valence-corrected chi connectivity index (χ2v) is 4.60. The number of rotatable bonds is 4. The maximum atomic E-state index is 13.2. The fraction of sp³-hybridized carbons (Fsp3) is 0.0625. The fourth-order valence-electron chi connectivity index (χ4n) is 1.93. The maximum Gasteiger partial charge on any atom is 0.247 e. The number of halogens is 1. The molecule has 1 aromatic heterocycles. The highest BCUT2D eigenvalue weighted by Gasteiger charge is 2.13. The second-order valence-electron chi connectivity index (χ2n) is 4.60. The number of carbonyl (C=O) groups excluding carboxylic acids is 1. The van der Waals surface area contributed by atoms with Crippen molar-refractivity contribution in [3.8, 4) is 11.5 Å². The summed E-state index contributed by atoms with van der Waals surface area (Å²) >= 11 is 0. The van der Waals surface area contributed by atoms with Gasteiger partial charge in [-0.05, 0) is 30.3 Å². The van der Waals surface area contributed by atoms with Crippen molar-refractivity contribution in [3.63, 3.8) is 0 Å². The van der Waals surface area contributed by atoms with Crippen molar-refractivity contribution in [1.82, 2.24) is 10.2 Å². The Morgan fingerprint density at radius 2 is 1.91 bits per heavy atom. The third-order valence-electron chi connectivity index (χ3n) is 2.91. The van der Waals surface area contributed by atoms with E-state index in [4.69, 9.17) is 4.42 Å². The maximum absolute atomic E-state index is 13.2. The Bertz CT molecular complexity index is 787. The molecule has 3 rings (SSSR count). The third-order valence-corrected chi connectivity index (χ3v) is 2.91. The zero-order valence-electron chi connectivity index (χ0n) is 11.5. The van der Waals surface area contributed by atoms with Crippen LogP contribution < -0.4 is 5.32 Å². The van der Waals surface area contributed by atoms with Crippen LogP contribution in [0.25, 0.3) is 11.5 Å². The number of aromatic nitrogens is 2. The summed E-state index contributed by atoms with van der Waals surface area (Å²) in [5, 5.41) is 10.4. The molecule has 0 atom stereocenters. The van der Waals surface area contributed by atoms with Crippen molar-refractivity contribution >= 4 is 11.6 Å². The quantitative estimate of drug-likeness (QED) is 0.803. The average molecular weight is 297 g/mol. The van der Waals surface area contributed by atoms with E-state index in [1.54, 1.807) is 24.3 Å². The molecular formula is C16H12FN3O2. The SMILES string of the molecule is O=C(Cc1nnc(-c2cccc(F)c2)o1)Nc1ccccc1. The van der Waals surface area contributed by atoms with Crippen molar-refractivity contribution in [1.29, 1.82) is 0 Å². The Morgan fingerprint density at radius 1 is 1.09 bits per heavy atom. The van der Waals surface area contributed by atoms with E-state index >= 15 is 0 Å². The van der Waals surface area contributed by atoms with Crippen LogP contribution in [0.5, 0.6) is 0 Å². The minimum atomic E-state index is -0.390. The van der Waals surface area contributed by atoms with Gasteiger partial charge in [-0.3, -0.25) is 4.79 Å². The molecule has 2 aromatic carbocycles. The molecule has 110 valence electrons. The highest BCUT2D eigenvalue weighted by molar-refractivity contribution is 5.91. The van der Waals surface area contributed by atoms with Gasteiger partial charge >= 0.3 is 0 Å². The molecule has 0 aliphatic rings. The number of carbonyl (C=O) groups is 1. The molecule has 0 saturated heterocycles. The molecule has 5 nitrogen and oxygen atoms in total. The first-order valence-corrected chi connectivity index (χ1v) is 6.64. The van der Waals surface area contributed by atoms with Crippen LogP contribution in [0.4, 0.5) is 10.1 Å². The number of nitrogens with one attached hydrogen (secondary N) is 1. The number of nitrogens with zero attached hydrogens (tertiary/aromatic N) is 2. The second kappa shape index (κ2) is 6.17. The minimum Gasteiger partial charge on any atom is -0.420 e. The van der Waals surface area contributed by atoms with Crippen LogP contribution in [0.2, 0.25) is 0 Å². The standard InChI is InChI=1S/C16H12FN3O2/c17-12-6-4-5-11(9-12)16-20-19-15(22-16)10-14(21)18-13-7-2-1-3-8-13/h1-9H,10H2,(H,18,21). The van der Waals surface area contributed by atoms with Gasteiger partial charge in [0.2, 0.25) is 17.7 Å². The summed E-state index contributed by atoms with van der Waals surface area (Å²) in [6.07, 6.45) is -0.0444. The number of hydrogen-bond acceptors (Lipinski definition) is 4. The van der Waals surface area contributed by atoms with E-state index < -0.39 is 0 Å². The van der Waals surface area contributed by atoms with E-state index in [-0.39, 0.29) is 29.9 Å². The Morgan fingerprint density at radius 3 is 2.68 bits per heavy atom. The van der Waals surface area contributed by atoms with Crippen molar-refractivity contribution in [2.75, 3.05) is 5.32 Å². The predicted octanol–water partition coefficient (Wildman–Crippen LogP) is 3.06. The van der Waals surface area contributed by atoms with Gasteiger partial charge in [0.25, 0.3) is 0 Å². The van der Waals surface area contributed by atoms with Gasteiger partial charge in [0.05, 0.1) is 0 Å². The number of para-hydroxylation sites is 1. The number of anilines is 1. The largest absolute Gasteiger partial charge is 0.420 e. The first-order chi connectivity index (χ1) is 10.7. The lowest BCUT2D eigenvalue weighted by atomic mass is 10.2. The van der Waals surface area contributed by atoms with Crippen LogP contribution in [0.1, 0.15) is 5.89 Å². The third kappa shape index (κ3) is 3.35. The molecular weight excluding hydrogens is 285 g/mol. The molecule has 1 heterocycles. The molecule has 0 radical (unpaired) electrons. The molecule has 0 unspecified atom stereocenters. The Balaban J connectivity index is 1.68. The van der Waals surface area contributed by atoms with Gasteiger partial charge in [-0.2, -0.15) is 0 Å². The van der Waals surface area contributed by atoms with Crippen molar-refractivity contribution < 1.29 is 13.6 Å². The molecule has 0 bridgehead atoms. The van der Waals surface area contributed by atoms with Gasteiger partial charge in [-0.1, -0.05) is 24.3 Å². The number of amides is 1. The van der Waals surface area contributed by atoms with Gasteiger partial charge in [0.15, 0.2) is 0 Å². The van der Waals surface area contributed by atoms with E-state index in [9.17, 15) is 9.18 Å². The molecule has 0 fully saturated rings. The lowest BCUT2D eigenvalue weighted by molar-refractivity contribution is -0.115. The number of benzene rings is 2. The van der Waals surface area contributed by atoms with Crippen LogP contribution in [0, 0.1) is 5.82 Å². The lowest BCUT2D eigenvalue weighted by Crippen LogP contribution is -2.14. The van der Waals surface area contributed by atoms with Crippen LogP contribution in [-0.2, 0) is 11.2 Å². The van der Waals surface area contributed by atoms with Gasteiger partial charge in [-0.15, -0.1) is 10.2 Å². The van der Waals surface area contributed by atoms with Gasteiger partial charge in [0, 0.05) is 11.3 Å². The highest BCUT2D eigenvalue weighted by atomic mass is 19.1. The zero-order valence-corrected chi connectivity index (χ0v) is 11.5. The van der Waals surface area contributed by atoms with Crippen LogP contribution in [-0.4, -0.2) is 16.1 Å². The molecule has 0 saturated carbocycles. The van der Waals surface area contributed by atoms with E-state index in [0.717, 1.165) is 0 Å². The molecule has 6 heteroatoms. The zero-order chi connectivity index (χ0) is 15.4. The van der Waals surface area contributed by atoms with Crippen LogP contribution >= 0.6 is 0 Å². The highest BCUT2D eigenvalue weighted by Crippen LogP contribution is 2.18. The van der Waals surface area contributed by atoms with Crippen molar-refractivity contribution in [2.45, 2.75) is 6.42 Å². The molecule has 22 heavy (non-hydrogen) atoms. The molecule has 0 aliphatic heterocycles. The molecule has 1 N–H and O–H groups in total. The topological polar surface area (TPSA) is 68.0 Å². The first-order valence-electron chi connectivity index (χ1n) is 6.64. The first kappa shape index (κ1) is 13.9. The minimum absolute atomic E-state index is 0.0444. The summed E-state index contributed by atoms with van der Waals surface area (Å²) in [5.41, 5.74) is 1.17. The van der Waals surface area contributed by atoms with Gasteiger partial charge < -0.3 is 9.73 Å². The van der Waals surface area contributed by atoms with Gasteiger partial charge in [0.1, 0.15) is 12.2 Å².